The molecule has 1 heterocycles. The molecule has 120 valence electrons. The fourth-order valence-electron chi connectivity index (χ4n) is 2.47. The standard InChI is InChI=1S/C17H17BrN2O3/c1-20(9-12-2-4-13(18)5-3-12)10-17(21)19-14-6-7-15-16(8-14)23-11-22-15/h2-8H,9-11H2,1H3,(H,19,21)/p+1. The largest absolute Gasteiger partial charge is 0.454 e. The molecule has 1 aliphatic rings. The van der Waals surface area contributed by atoms with Crippen LogP contribution in [0.4, 0.5) is 5.69 Å². The smallest absolute Gasteiger partial charge is 0.279 e. The number of likely N-dealkylation sites (N-methyl/N-ethyl adjacent to an activating group) is 1. The molecule has 1 unspecified atom stereocenters. The van der Waals surface area contributed by atoms with Crippen molar-refractivity contribution in [3.8, 4) is 11.5 Å². The number of amides is 1. The SMILES string of the molecule is C[NH+](CC(=O)Nc1ccc2c(c1)OCO2)Cc1ccc(Br)cc1. The molecule has 1 amide bonds. The lowest BCUT2D eigenvalue weighted by molar-refractivity contribution is -0.885. The summed E-state index contributed by atoms with van der Waals surface area (Å²) >= 11 is 3.42. The van der Waals surface area contributed by atoms with Crippen molar-refractivity contribution < 1.29 is 19.2 Å². The summed E-state index contributed by atoms with van der Waals surface area (Å²) in [6, 6.07) is 13.5. The van der Waals surface area contributed by atoms with Crippen molar-refractivity contribution in [3.63, 3.8) is 0 Å². The minimum atomic E-state index is -0.0292. The highest BCUT2D eigenvalue weighted by Crippen LogP contribution is 2.34. The Balaban J connectivity index is 1.53. The van der Waals surface area contributed by atoms with E-state index in [-0.39, 0.29) is 12.7 Å². The molecule has 23 heavy (non-hydrogen) atoms. The van der Waals surface area contributed by atoms with Crippen molar-refractivity contribution in [3.05, 3.63) is 52.5 Å². The lowest BCUT2D eigenvalue weighted by Gasteiger charge is -2.14. The molecule has 1 aliphatic heterocycles. The van der Waals surface area contributed by atoms with Crippen LogP contribution in [0.25, 0.3) is 0 Å². The number of quaternary nitrogens is 1. The Hall–Kier alpha value is -2.05. The Bertz CT molecular complexity index is 703. The van der Waals surface area contributed by atoms with E-state index < -0.39 is 0 Å². The number of rotatable bonds is 5. The van der Waals surface area contributed by atoms with E-state index in [9.17, 15) is 4.79 Å². The van der Waals surface area contributed by atoms with Gasteiger partial charge in [-0.25, -0.2) is 0 Å². The van der Waals surface area contributed by atoms with Crippen LogP contribution in [0.1, 0.15) is 5.56 Å². The van der Waals surface area contributed by atoms with E-state index in [1.165, 1.54) is 5.56 Å². The number of hydrogen-bond donors (Lipinski definition) is 2. The van der Waals surface area contributed by atoms with Gasteiger partial charge in [0.15, 0.2) is 18.0 Å². The van der Waals surface area contributed by atoms with Gasteiger partial charge in [-0.15, -0.1) is 0 Å². The summed E-state index contributed by atoms with van der Waals surface area (Å²) in [4.78, 5) is 13.3. The first-order valence-corrected chi connectivity index (χ1v) is 8.15. The first-order chi connectivity index (χ1) is 11.1. The summed E-state index contributed by atoms with van der Waals surface area (Å²) < 4.78 is 11.6. The Morgan fingerprint density at radius 2 is 1.91 bits per heavy atom. The first kappa shape index (κ1) is 15.8. The second kappa shape index (κ2) is 7.02. The summed E-state index contributed by atoms with van der Waals surface area (Å²) in [6.45, 7) is 1.42. The first-order valence-electron chi connectivity index (χ1n) is 7.35. The molecule has 0 fully saturated rings. The maximum absolute atomic E-state index is 12.2. The highest BCUT2D eigenvalue weighted by molar-refractivity contribution is 9.10. The van der Waals surface area contributed by atoms with Crippen LogP contribution in [0.2, 0.25) is 0 Å². The van der Waals surface area contributed by atoms with Gasteiger partial charge in [0.05, 0.1) is 7.05 Å². The quantitative estimate of drug-likeness (QED) is 0.835. The summed E-state index contributed by atoms with van der Waals surface area (Å²) in [5.74, 6) is 1.35. The third-order valence-electron chi connectivity index (χ3n) is 3.54. The fourth-order valence-corrected chi connectivity index (χ4v) is 2.73. The number of ether oxygens (including phenoxy) is 2. The predicted molar refractivity (Wildman–Crippen MR) is 90.8 cm³/mol. The highest BCUT2D eigenvalue weighted by Gasteiger charge is 2.15. The van der Waals surface area contributed by atoms with Gasteiger partial charge in [0.2, 0.25) is 6.79 Å². The van der Waals surface area contributed by atoms with Crippen molar-refractivity contribution in [1.82, 2.24) is 0 Å². The molecule has 6 heteroatoms. The Labute approximate surface area is 143 Å². The van der Waals surface area contributed by atoms with Gasteiger partial charge in [-0.1, -0.05) is 28.1 Å². The summed E-state index contributed by atoms with van der Waals surface area (Å²) in [7, 11) is 2.00. The normalized spacial score (nSPS) is 13.7. The van der Waals surface area contributed by atoms with Crippen molar-refractivity contribution >= 4 is 27.5 Å². The van der Waals surface area contributed by atoms with Gasteiger partial charge in [0.1, 0.15) is 6.54 Å². The summed E-state index contributed by atoms with van der Waals surface area (Å²) in [6.07, 6.45) is 0. The lowest BCUT2D eigenvalue weighted by Crippen LogP contribution is -3.08. The van der Waals surface area contributed by atoms with Crippen molar-refractivity contribution in [2.75, 3.05) is 25.7 Å². The third-order valence-corrected chi connectivity index (χ3v) is 4.07. The Morgan fingerprint density at radius 3 is 2.70 bits per heavy atom. The number of benzene rings is 2. The molecule has 1 atom stereocenters. The minimum absolute atomic E-state index is 0.0292. The average molecular weight is 378 g/mol. The van der Waals surface area contributed by atoms with E-state index in [0.717, 1.165) is 21.6 Å². The van der Waals surface area contributed by atoms with Gasteiger partial charge >= 0.3 is 0 Å². The van der Waals surface area contributed by atoms with Gasteiger partial charge in [-0.05, 0) is 24.3 Å². The molecule has 0 radical (unpaired) electrons. The molecule has 2 aromatic carbocycles. The number of halogens is 1. The van der Waals surface area contributed by atoms with Gasteiger partial charge in [0, 0.05) is 21.8 Å². The Kier molecular flexibility index (Phi) is 4.83. The molecule has 0 aromatic heterocycles. The second-order valence-electron chi connectivity index (χ2n) is 5.55. The number of carbonyl (C=O) groups is 1. The molecule has 0 saturated heterocycles. The lowest BCUT2D eigenvalue weighted by atomic mass is 10.2. The third kappa shape index (κ3) is 4.24. The van der Waals surface area contributed by atoms with Crippen LogP contribution in [0.15, 0.2) is 46.9 Å². The number of anilines is 1. The second-order valence-corrected chi connectivity index (χ2v) is 6.47. The maximum Gasteiger partial charge on any atom is 0.279 e. The molecule has 0 saturated carbocycles. The molecule has 0 spiro atoms. The van der Waals surface area contributed by atoms with E-state index in [4.69, 9.17) is 9.47 Å². The Morgan fingerprint density at radius 1 is 1.17 bits per heavy atom. The molecular weight excluding hydrogens is 360 g/mol. The zero-order valence-corrected chi connectivity index (χ0v) is 14.4. The molecule has 0 bridgehead atoms. The van der Waals surface area contributed by atoms with Crippen LogP contribution in [0.5, 0.6) is 11.5 Å². The zero-order chi connectivity index (χ0) is 16.2. The number of hydrogen-bond acceptors (Lipinski definition) is 3. The molecule has 5 nitrogen and oxygen atoms in total. The van der Waals surface area contributed by atoms with Crippen LogP contribution in [0, 0.1) is 0 Å². The molecule has 3 rings (SSSR count). The van der Waals surface area contributed by atoms with E-state index in [0.29, 0.717) is 18.0 Å². The monoisotopic (exact) mass is 377 g/mol. The van der Waals surface area contributed by atoms with Crippen LogP contribution < -0.4 is 19.7 Å². The predicted octanol–water partition coefficient (Wildman–Crippen LogP) is 1.83. The summed E-state index contributed by atoms with van der Waals surface area (Å²) in [5.41, 5.74) is 1.91. The summed E-state index contributed by atoms with van der Waals surface area (Å²) in [5, 5.41) is 2.89. The van der Waals surface area contributed by atoms with E-state index in [1.54, 1.807) is 12.1 Å². The fraction of sp³-hybridized carbons (Fsp3) is 0.235. The van der Waals surface area contributed by atoms with E-state index in [1.807, 2.05) is 25.2 Å². The number of carbonyl (C=O) groups excluding carboxylic acids is 1. The van der Waals surface area contributed by atoms with Crippen LogP contribution in [-0.2, 0) is 11.3 Å². The van der Waals surface area contributed by atoms with Crippen molar-refractivity contribution in [2.24, 2.45) is 0 Å². The average Bonchev–Trinajstić information content (AvgIpc) is 2.97. The molecule has 2 aromatic rings. The minimum Gasteiger partial charge on any atom is -0.454 e. The van der Waals surface area contributed by atoms with Gasteiger partial charge in [-0.3, -0.25) is 4.79 Å². The highest BCUT2D eigenvalue weighted by atomic mass is 79.9. The molecular formula is C17H18BrN2O3+. The topological polar surface area (TPSA) is 52.0 Å². The van der Waals surface area contributed by atoms with Gasteiger partial charge in [-0.2, -0.15) is 0 Å². The van der Waals surface area contributed by atoms with Crippen LogP contribution in [-0.4, -0.2) is 26.3 Å². The van der Waals surface area contributed by atoms with E-state index in [2.05, 4.69) is 33.4 Å². The molecule has 2 N–H and O–H groups in total. The molecule has 0 aliphatic carbocycles. The van der Waals surface area contributed by atoms with Crippen molar-refractivity contribution in [1.29, 1.82) is 0 Å². The van der Waals surface area contributed by atoms with Gasteiger partial charge in [0.25, 0.3) is 5.91 Å². The van der Waals surface area contributed by atoms with E-state index >= 15 is 0 Å². The van der Waals surface area contributed by atoms with Crippen molar-refractivity contribution in [2.45, 2.75) is 6.54 Å². The zero-order valence-electron chi connectivity index (χ0n) is 12.8. The van der Waals surface area contributed by atoms with Crippen LogP contribution >= 0.6 is 15.9 Å². The maximum atomic E-state index is 12.2. The number of nitrogens with one attached hydrogen (secondary N) is 2. The van der Waals surface area contributed by atoms with Gasteiger partial charge < -0.3 is 19.7 Å². The van der Waals surface area contributed by atoms with Crippen LogP contribution in [0.3, 0.4) is 0 Å². The number of fused-ring (bicyclic) bond motifs is 1.